The van der Waals surface area contributed by atoms with E-state index < -0.39 is 0 Å². The van der Waals surface area contributed by atoms with E-state index in [0.717, 1.165) is 12.0 Å². The molecule has 0 saturated heterocycles. The van der Waals surface area contributed by atoms with Crippen molar-refractivity contribution in [2.75, 3.05) is 12.3 Å². The summed E-state index contributed by atoms with van der Waals surface area (Å²) in [4.78, 5) is 23.0. The Hall–Kier alpha value is -3.11. The van der Waals surface area contributed by atoms with Gasteiger partial charge in [-0.05, 0) is 38.0 Å². The van der Waals surface area contributed by atoms with E-state index in [1.54, 1.807) is 12.1 Å². The largest absolute Gasteiger partial charge is 0.399 e. The predicted molar refractivity (Wildman–Crippen MR) is 102 cm³/mol. The number of nitrogens with zero attached hydrogens (tertiary/aromatic N) is 3. The summed E-state index contributed by atoms with van der Waals surface area (Å²) < 4.78 is 7.47. The standard InChI is InChI=1S/C19H21N5O2/c1-12(2)26-10-4-9-24-17(13-5-7-14(20)8-6-13)15(21-3)16-18(24)19(25)23-11-22-16/h5-8,11-12H,4,9-10,20H2,1-2H3,(H,22,23,25). The van der Waals surface area contributed by atoms with Crippen LogP contribution in [-0.4, -0.2) is 27.2 Å². The molecule has 0 unspecified atom stereocenters. The van der Waals surface area contributed by atoms with Crippen LogP contribution in [0.25, 0.3) is 27.1 Å². The number of ether oxygens (including phenoxy) is 1. The zero-order valence-electron chi connectivity index (χ0n) is 14.8. The fourth-order valence-corrected chi connectivity index (χ4v) is 2.97. The lowest BCUT2D eigenvalue weighted by Gasteiger charge is -2.13. The van der Waals surface area contributed by atoms with Gasteiger partial charge in [0.15, 0.2) is 0 Å². The lowest BCUT2D eigenvalue weighted by molar-refractivity contribution is 0.0751. The lowest BCUT2D eigenvalue weighted by atomic mass is 10.1. The van der Waals surface area contributed by atoms with Crippen molar-refractivity contribution in [3.63, 3.8) is 0 Å². The monoisotopic (exact) mass is 351 g/mol. The Labute approximate surface area is 151 Å². The van der Waals surface area contributed by atoms with E-state index in [0.29, 0.717) is 41.3 Å². The molecule has 0 aliphatic heterocycles. The molecule has 2 heterocycles. The minimum absolute atomic E-state index is 0.150. The van der Waals surface area contributed by atoms with E-state index in [1.165, 1.54) is 6.33 Å². The van der Waals surface area contributed by atoms with Gasteiger partial charge in [-0.15, -0.1) is 0 Å². The molecular weight excluding hydrogens is 330 g/mol. The van der Waals surface area contributed by atoms with Crippen molar-refractivity contribution < 1.29 is 4.74 Å². The van der Waals surface area contributed by atoms with Crippen molar-refractivity contribution in [1.82, 2.24) is 14.5 Å². The number of hydrogen-bond acceptors (Lipinski definition) is 4. The number of benzene rings is 1. The summed E-state index contributed by atoms with van der Waals surface area (Å²) in [5.41, 5.74) is 8.89. The van der Waals surface area contributed by atoms with E-state index >= 15 is 0 Å². The Morgan fingerprint density at radius 2 is 2.08 bits per heavy atom. The van der Waals surface area contributed by atoms with E-state index in [2.05, 4.69) is 14.8 Å². The maximum atomic E-state index is 12.4. The van der Waals surface area contributed by atoms with Crippen molar-refractivity contribution in [3.05, 3.63) is 52.4 Å². The van der Waals surface area contributed by atoms with E-state index in [9.17, 15) is 4.79 Å². The molecule has 7 nitrogen and oxygen atoms in total. The molecule has 1 aromatic carbocycles. The summed E-state index contributed by atoms with van der Waals surface area (Å²) >= 11 is 0. The average Bonchev–Trinajstić information content (AvgIpc) is 2.94. The van der Waals surface area contributed by atoms with Crippen LogP contribution >= 0.6 is 0 Å². The smallest absolute Gasteiger partial charge is 0.273 e. The van der Waals surface area contributed by atoms with Crippen LogP contribution in [0.3, 0.4) is 0 Å². The first-order chi connectivity index (χ1) is 12.5. The van der Waals surface area contributed by atoms with Gasteiger partial charge in [0.25, 0.3) is 5.56 Å². The molecule has 3 N–H and O–H groups in total. The highest BCUT2D eigenvalue weighted by Crippen LogP contribution is 2.38. The lowest BCUT2D eigenvalue weighted by Crippen LogP contribution is -2.14. The van der Waals surface area contributed by atoms with Gasteiger partial charge in [-0.3, -0.25) is 4.79 Å². The van der Waals surface area contributed by atoms with Crippen molar-refractivity contribution in [2.45, 2.75) is 32.9 Å². The summed E-state index contributed by atoms with van der Waals surface area (Å²) in [7, 11) is 0. The first kappa shape index (κ1) is 17.7. The minimum atomic E-state index is -0.258. The van der Waals surface area contributed by atoms with Crippen molar-refractivity contribution in [2.24, 2.45) is 0 Å². The second-order valence-electron chi connectivity index (χ2n) is 6.28. The quantitative estimate of drug-likeness (QED) is 0.405. The topological polar surface area (TPSA) is 90.3 Å². The van der Waals surface area contributed by atoms with Gasteiger partial charge in [-0.25, -0.2) is 9.83 Å². The summed E-state index contributed by atoms with van der Waals surface area (Å²) in [6.45, 7) is 12.7. The van der Waals surface area contributed by atoms with Crippen LogP contribution in [0.2, 0.25) is 0 Å². The van der Waals surface area contributed by atoms with Gasteiger partial charge in [0.05, 0.1) is 24.7 Å². The highest BCUT2D eigenvalue weighted by Gasteiger charge is 2.21. The Morgan fingerprint density at radius 1 is 1.35 bits per heavy atom. The molecule has 26 heavy (non-hydrogen) atoms. The molecule has 0 spiro atoms. The number of hydrogen-bond donors (Lipinski definition) is 2. The molecule has 0 aliphatic rings. The number of aromatic nitrogens is 3. The van der Waals surface area contributed by atoms with Gasteiger partial charge in [0, 0.05) is 18.8 Å². The Bertz CT molecular complexity index is 1010. The summed E-state index contributed by atoms with van der Waals surface area (Å²) in [6, 6.07) is 7.27. The second-order valence-corrected chi connectivity index (χ2v) is 6.28. The van der Waals surface area contributed by atoms with Gasteiger partial charge < -0.3 is 20.0 Å². The van der Waals surface area contributed by atoms with Crippen molar-refractivity contribution in [1.29, 1.82) is 0 Å². The van der Waals surface area contributed by atoms with Gasteiger partial charge in [-0.1, -0.05) is 12.1 Å². The fourth-order valence-electron chi connectivity index (χ4n) is 2.97. The van der Waals surface area contributed by atoms with Gasteiger partial charge in [-0.2, -0.15) is 0 Å². The van der Waals surface area contributed by atoms with Crippen molar-refractivity contribution in [3.8, 4) is 11.3 Å². The Morgan fingerprint density at radius 3 is 2.73 bits per heavy atom. The summed E-state index contributed by atoms with van der Waals surface area (Å²) in [5, 5.41) is 0. The van der Waals surface area contributed by atoms with E-state index in [1.807, 2.05) is 30.5 Å². The molecule has 0 amide bonds. The molecule has 3 aromatic rings. The van der Waals surface area contributed by atoms with E-state index in [4.69, 9.17) is 17.0 Å². The molecule has 0 atom stereocenters. The van der Waals surface area contributed by atoms with Crippen LogP contribution < -0.4 is 11.3 Å². The normalized spacial score (nSPS) is 11.2. The molecule has 0 aliphatic carbocycles. The number of aryl methyl sites for hydroxylation is 1. The Kier molecular flexibility index (Phi) is 5.05. The van der Waals surface area contributed by atoms with Crippen LogP contribution in [0, 0.1) is 6.57 Å². The zero-order valence-corrected chi connectivity index (χ0v) is 14.8. The van der Waals surface area contributed by atoms with Crippen LogP contribution in [0.4, 0.5) is 11.4 Å². The third kappa shape index (κ3) is 3.32. The highest BCUT2D eigenvalue weighted by atomic mass is 16.5. The van der Waals surface area contributed by atoms with Crippen LogP contribution in [0.1, 0.15) is 20.3 Å². The molecular formula is C19H21N5O2. The molecule has 0 fully saturated rings. The first-order valence-corrected chi connectivity index (χ1v) is 8.47. The SMILES string of the molecule is [C-]#[N+]c1c(-c2ccc(N)cc2)n(CCCOC(C)C)c2c(=O)[nH]cnc12. The number of nitrogens with two attached hydrogens (primary N) is 1. The van der Waals surface area contributed by atoms with Crippen LogP contribution in [0.15, 0.2) is 35.4 Å². The predicted octanol–water partition coefficient (Wildman–Crippen LogP) is 3.34. The molecule has 7 heteroatoms. The third-order valence-corrected chi connectivity index (χ3v) is 4.09. The van der Waals surface area contributed by atoms with E-state index in [-0.39, 0.29) is 11.7 Å². The number of anilines is 1. The average molecular weight is 351 g/mol. The maximum absolute atomic E-state index is 12.4. The highest BCUT2D eigenvalue weighted by molar-refractivity contribution is 5.99. The molecule has 2 aromatic heterocycles. The Balaban J connectivity index is 2.15. The second kappa shape index (κ2) is 7.42. The van der Waals surface area contributed by atoms with Crippen LogP contribution in [-0.2, 0) is 11.3 Å². The van der Waals surface area contributed by atoms with Crippen LogP contribution in [0.5, 0.6) is 0 Å². The molecule has 134 valence electrons. The molecule has 3 rings (SSSR count). The number of fused-ring (bicyclic) bond motifs is 1. The molecule has 0 bridgehead atoms. The minimum Gasteiger partial charge on any atom is -0.399 e. The van der Waals surface area contributed by atoms with Crippen molar-refractivity contribution >= 4 is 22.4 Å². The maximum Gasteiger partial charge on any atom is 0.273 e. The molecule has 0 radical (unpaired) electrons. The summed E-state index contributed by atoms with van der Waals surface area (Å²) in [6.07, 6.45) is 2.20. The summed E-state index contributed by atoms with van der Waals surface area (Å²) in [5.74, 6) is 0. The first-order valence-electron chi connectivity index (χ1n) is 8.47. The number of H-pyrrole nitrogens is 1. The van der Waals surface area contributed by atoms with Gasteiger partial charge in [0.2, 0.25) is 5.69 Å². The molecule has 0 saturated carbocycles. The number of rotatable bonds is 6. The number of nitrogen functional groups attached to an aromatic ring is 1. The number of nitrogens with one attached hydrogen (secondary N) is 1. The third-order valence-electron chi connectivity index (χ3n) is 4.09. The zero-order chi connectivity index (χ0) is 18.7. The van der Waals surface area contributed by atoms with Gasteiger partial charge in [0.1, 0.15) is 11.0 Å². The fraction of sp³-hybridized carbons (Fsp3) is 0.316. The van der Waals surface area contributed by atoms with Gasteiger partial charge >= 0.3 is 0 Å². The number of aromatic amines is 1.